The lowest BCUT2D eigenvalue weighted by atomic mass is 9.98. The molecule has 0 aromatic carbocycles. The average Bonchev–Trinajstić information content (AvgIpc) is 2.01. The maximum absolute atomic E-state index is 10.8. The summed E-state index contributed by atoms with van der Waals surface area (Å²) >= 11 is 0. The molecule has 0 N–H and O–H groups in total. The van der Waals surface area contributed by atoms with Crippen LogP contribution in [0.15, 0.2) is 23.8 Å². The zero-order valence-electron chi connectivity index (χ0n) is 6.25. The Morgan fingerprint density at radius 2 is 2.18 bits per heavy atom. The minimum atomic E-state index is 0.168. The zero-order valence-corrected chi connectivity index (χ0v) is 6.25. The van der Waals surface area contributed by atoms with Gasteiger partial charge in [0.15, 0.2) is 5.78 Å². The van der Waals surface area contributed by atoms with Crippen molar-refractivity contribution < 1.29 is 9.59 Å². The van der Waals surface area contributed by atoms with Crippen LogP contribution in [0.2, 0.25) is 0 Å². The fraction of sp³-hybridized carbons (Fsp3) is 0.333. The third-order valence-corrected chi connectivity index (χ3v) is 1.62. The highest BCUT2D eigenvalue weighted by molar-refractivity contribution is 5.91. The lowest BCUT2D eigenvalue weighted by Gasteiger charge is -2.06. The Morgan fingerprint density at radius 1 is 1.36 bits per heavy atom. The van der Waals surface area contributed by atoms with Crippen LogP contribution in [0, 0.1) is 0 Å². The molecule has 0 aromatic heterocycles. The molecule has 2 heteroatoms. The number of rotatable bonds is 2. The van der Waals surface area contributed by atoms with Crippen LogP contribution in [0.25, 0.3) is 0 Å². The standard InChI is InChI=1S/C9H10O2/c10-6-2-4-8-3-1-5-9(11)7-8/h2,4,6-7H,1,3,5H2/b4-2-. The molecule has 0 amide bonds. The zero-order chi connectivity index (χ0) is 8.10. The van der Waals surface area contributed by atoms with Crippen LogP contribution in [-0.2, 0) is 9.59 Å². The van der Waals surface area contributed by atoms with Crippen LogP contribution in [0.5, 0.6) is 0 Å². The number of hydrogen-bond donors (Lipinski definition) is 0. The first-order valence-electron chi connectivity index (χ1n) is 3.68. The molecular weight excluding hydrogens is 140 g/mol. The van der Waals surface area contributed by atoms with Crippen molar-refractivity contribution in [2.45, 2.75) is 19.3 Å². The second-order valence-corrected chi connectivity index (χ2v) is 2.53. The van der Waals surface area contributed by atoms with Crippen LogP contribution in [0.4, 0.5) is 0 Å². The van der Waals surface area contributed by atoms with Crippen molar-refractivity contribution in [2.75, 3.05) is 0 Å². The summed E-state index contributed by atoms with van der Waals surface area (Å²) in [6, 6.07) is 0. The van der Waals surface area contributed by atoms with Crippen molar-refractivity contribution in [3.63, 3.8) is 0 Å². The van der Waals surface area contributed by atoms with E-state index in [9.17, 15) is 9.59 Å². The summed E-state index contributed by atoms with van der Waals surface area (Å²) in [5.74, 6) is 0.168. The molecule has 0 heterocycles. The van der Waals surface area contributed by atoms with E-state index in [1.54, 1.807) is 12.2 Å². The van der Waals surface area contributed by atoms with Crippen LogP contribution in [0.1, 0.15) is 19.3 Å². The van der Waals surface area contributed by atoms with Gasteiger partial charge in [0, 0.05) is 6.42 Å². The molecule has 0 aliphatic heterocycles. The molecule has 58 valence electrons. The SMILES string of the molecule is O=C/C=C\C1=CC(=O)CCC1. The predicted octanol–water partition coefficient (Wildman–Crippen LogP) is 1.42. The number of hydrogen-bond acceptors (Lipinski definition) is 2. The van der Waals surface area contributed by atoms with Gasteiger partial charge in [-0.15, -0.1) is 0 Å². The summed E-state index contributed by atoms with van der Waals surface area (Å²) < 4.78 is 0. The number of allylic oxidation sites excluding steroid dienone is 4. The van der Waals surface area contributed by atoms with Crippen molar-refractivity contribution in [1.29, 1.82) is 0 Å². The number of aldehydes is 1. The van der Waals surface area contributed by atoms with Gasteiger partial charge in [0.2, 0.25) is 0 Å². The van der Waals surface area contributed by atoms with E-state index in [0.717, 1.165) is 24.7 Å². The van der Waals surface area contributed by atoms with Crippen LogP contribution in [0.3, 0.4) is 0 Å². The van der Waals surface area contributed by atoms with E-state index in [1.165, 1.54) is 6.08 Å². The Hall–Kier alpha value is -1.18. The molecule has 0 radical (unpaired) electrons. The summed E-state index contributed by atoms with van der Waals surface area (Å²) in [7, 11) is 0. The van der Waals surface area contributed by atoms with E-state index in [0.29, 0.717) is 6.42 Å². The molecule has 0 saturated carbocycles. The van der Waals surface area contributed by atoms with Crippen molar-refractivity contribution >= 4 is 12.1 Å². The Bertz CT molecular complexity index is 224. The summed E-state index contributed by atoms with van der Waals surface area (Å²) in [6.07, 6.45) is 7.93. The quantitative estimate of drug-likeness (QED) is 0.440. The molecule has 0 atom stereocenters. The first-order chi connectivity index (χ1) is 5.33. The summed E-state index contributed by atoms with van der Waals surface area (Å²) in [4.78, 5) is 20.8. The number of carbonyl (C=O) groups excluding carboxylic acids is 2. The highest BCUT2D eigenvalue weighted by Crippen LogP contribution is 2.15. The van der Waals surface area contributed by atoms with Gasteiger partial charge >= 0.3 is 0 Å². The van der Waals surface area contributed by atoms with E-state index in [4.69, 9.17) is 0 Å². The lowest BCUT2D eigenvalue weighted by molar-refractivity contribution is -0.115. The molecule has 0 spiro atoms. The van der Waals surface area contributed by atoms with Gasteiger partial charge in [0.25, 0.3) is 0 Å². The molecule has 0 bridgehead atoms. The molecule has 0 aromatic rings. The number of ketones is 1. The molecular formula is C9H10O2. The van der Waals surface area contributed by atoms with E-state index in [2.05, 4.69) is 0 Å². The summed E-state index contributed by atoms with van der Waals surface area (Å²) in [6.45, 7) is 0. The summed E-state index contributed by atoms with van der Waals surface area (Å²) in [5.41, 5.74) is 0.966. The topological polar surface area (TPSA) is 34.1 Å². The molecule has 0 unspecified atom stereocenters. The molecule has 1 aliphatic rings. The van der Waals surface area contributed by atoms with Gasteiger partial charge in [-0.3, -0.25) is 9.59 Å². The average molecular weight is 150 g/mol. The minimum absolute atomic E-state index is 0.168. The minimum Gasteiger partial charge on any atom is -0.299 e. The summed E-state index contributed by atoms with van der Waals surface area (Å²) in [5, 5.41) is 0. The van der Waals surface area contributed by atoms with Gasteiger partial charge in [-0.2, -0.15) is 0 Å². The van der Waals surface area contributed by atoms with Gasteiger partial charge in [0.1, 0.15) is 6.29 Å². The highest BCUT2D eigenvalue weighted by Gasteiger charge is 2.06. The Balaban J connectivity index is 2.63. The van der Waals surface area contributed by atoms with Crippen molar-refractivity contribution in [3.8, 4) is 0 Å². The second kappa shape index (κ2) is 3.86. The monoisotopic (exact) mass is 150 g/mol. The van der Waals surface area contributed by atoms with Gasteiger partial charge in [-0.05, 0) is 30.6 Å². The van der Waals surface area contributed by atoms with Gasteiger partial charge < -0.3 is 0 Å². The maximum atomic E-state index is 10.8. The van der Waals surface area contributed by atoms with Gasteiger partial charge in [-0.1, -0.05) is 6.08 Å². The lowest BCUT2D eigenvalue weighted by Crippen LogP contribution is -2.00. The second-order valence-electron chi connectivity index (χ2n) is 2.53. The Morgan fingerprint density at radius 3 is 2.82 bits per heavy atom. The molecule has 11 heavy (non-hydrogen) atoms. The van der Waals surface area contributed by atoms with Crippen LogP contribution >= 0.6 is 0 Å². The van der Waals surface area contributed by atoms with E-state index < -0.39 is 0 Å². The molecule has 0 fully saturated rings. The molecule has 2 nitrogen and oxygen atoms in total. The van der Waals surface area contributed by atoms with Gasteiger partial charge in [-0.25, -0.2) is 0 Å². The van der Waals surface area contributed by atoms with E-state index in [1.807, 2.05) is 0 Å². The van der Waals surface area contributed by atoms with Crippen molar-refractivity contribution in [3.05, 3.63) is 23.8 Å². The molecule has 1 rings (SSSR count). The van der Waals surface area contributed by atoms with Crippen LogP contribution < -0.4 is 0 Å². The normalized spacial score (nSPS) is 18.5. The molecule has 1 aliphatic carbocycles. The maximum Gasteiger partial charge on any atom is 0.155 e. The van der Waals surface area contributed by atoms with Gasteiger partial charge in [0.05, 0.1) is 0 Å². The highest BCUT2D eigenvalue weighted by atomic mass is 16.1. The van der Waals surface area contributed by atoms with Crippen molar-refractivity contribution in [1.82, 2.24) is 0 Å². The Labute approximate surface area is 65.6 Å². The fourth-order valence-electron chi connectivity index (χ4n) is 1.11. The van der Waals surface area contributed by atoms with Crippen molar-refractivity contribution in [2.24, 2.45) is 0 Å². The first kappa shape index (κ1) is 7.92. The third-order valence-electron chi connectivity index (χ3n) is 1.62. The van der Waals surface area contributed by atoms with E-state index >= 15 is 0 Å². The van der Waals surface area contributed by atoms with E-state index in [-0.39, 0.29) is 5.78 Å². The largest absolute Gasteiger partial charge is 0.299 e. The first-order valence-corrected chi connectivity index (χ1v) is 3.68. The van der Waals surface area contributed by atoms with Crippen LogP contribution in [-0.4, -0.2) is 12.1 Å². The third kappa shape index (κ3) is 2.50. The smallest absolute Gasteiger partial charge is 0.155 e. The Kier molecular flexibility index (Phi) is 2.78. The predicted molar refractivity (Wildman–Crippen MR) is 42.1 cm³/mol. The fourth-order valence-corrected chi connectivity index (χ4v) is 1.11. The number of carbonyl (C=O) groups is 2. The molecule has 0 saturated heterocycles.